The number of nitrogens with one attached hydrogen (secondary N) is 1. The van der Waals surface area contributed by atoms with Crippen LogP contribution in [0.1, 0.15) is 31.7 Å². The van der Waals surface area contributed by atoms with Gasteiger partial charge in [-0.3, -0.25) is 0 Å². The van der Waals surface area contributed by atoms with Gasteiger partial charge in [0.05, 0.1) is 0 Å². The summed E-state index contributed by atoms with van der Waals surface area (Å²) in [4.78, 5) is 0. The lowest BCUT2D eigenvalue weighted by Gasteiger charge is -2.29. The maximum Gasteiger partial charge on any atom is 0.123 e. The summed E-state index contributed by atoms with van der Waals surface area (Å²) >= 11 is 0. The molecule has 3 heteroatoms. The molecule has 3 atom stereocenters. The molecule has 2 nitrogen and oxygen atoms in total. The molecular formula is C15H20FNO. The van der Waals surface area contributed by atoms with Crippen molar-refractivity contribution < 1.29 is 9.13 Å². The molecule has 0 aliphatic carbocycles. The van der Waals surface area contributed by atoms with Gasteiger partial charge in [0, 0.05) is 18.0 Å². The molecule has 1 saturated heterocycles. The van der Waals surface area contributed by atoms with Crippen LogP contribution in [0.4, 0.5) is 4.39 Å². The van der Waals surface area contributed by atoms with Gasteiger partial charge in [-0.15, -0.1) is 0 Å². The van der Waals surface area contributed by atoms with Crippen molar-refractivity contribution in [3.05, 3.63) is 29.6 Å². The Balaban J connectivity index is 1.60. The monoisotopic (exact) mass is 249 g/mol. The molecule has 0 amide bonds. The fourth-order valence-electron chi connectivity index (χ4n) is 3.14. The van der Waals surface area contributed by atoms with Gasteiger partial charge in [-0.25, -0.2) is 4.39 Å². The molecule has 1 aromatic carbocycles. The number of hydrogen-bond acceptors (Lipinski definition) is 2. The lowest BCUT2D eigenvalue weighted by Crippen LogP contribution is -2.40. The molecule has 0 saturated carbocycles. The Kier molecular flexibility index (Phi) is 3.25. The van der Waals surface area contributed by atoms with E-state index in [-0.39, 0.29) is 11.9 Å². The second-order valence-electron chi connectivity index (χ2n) is 5.71. The van der Waals surface area contributed by atoms with E-state index >= 15 is 0 Å². The Morgan fingerprint density at radius 3 is 3.17 bits per heavy atom. The molecule has 0 aromatic heterocycles. The third-order valence-electron chi connectivity index (χ3n) is 4.07. The van der Waals surface area contributed by atoms with Gasteiger partial charge in [-0.2, -0.15) is 0 Å². The smallest absolute Gasteiger partial charge is 0.123 e. The summed E-state index contributed by atoms with van der Waals surface area (Å²) in [6.45, 7) is 3.42. The summed E-state index contributed by atoms with van der Waals surface area (Å²) in [5.74, 6) is 1.50. The highest BCUT2D eigenvalue weighted by molar-refractivity contribution is 5.37. The van der Waals surface area contributed by atoms with Crippen LogP contribution in [0.15, 0.2) is 18.2 Å². The first-order valence-corrected chi connectivity index (χ1v) is 6.89. The summed E-state index contributed by atoms with van der Waals surface area (Å²) in [5, 5.41) is 3.56. The van der Waals surface area contributed by atoms with E-state index in [1.54, 1.807) is 12.1 Å². The Morgan fingerprint density at radius 2 is 2.33 bits per heavy atom. The zero-order chi connectivity index (χ0) is 12.5. The SMILES string of the molecule is CC1CCNC(CC2Cc3cc(F)ccc3O2)C1. The van der Waals surface area contributed by atoms with Crippen LogP contribution in [0, 0.1) is 11.7 Å². The summed E-state index contributed by atoms with van der Waals surface area (Å²) in [7, 11) is 0. The molecule has 2 aliphatic heterocycles. The first kappa shape index (κ1) is 12.0. The van der Waals surface area contributed by atoms with Gasteiger partial charge in [-0.1, -0.05) is 6.92 Å². The summed E-state index contributed by atoms with van der Waals surface area (Å²) in [5.41, 5.74) is 1.02. The number of rotatable bonds is 2. The van der Waals surface area contributed by atoms with Gasteiger partial charge in [-0.05, 0) is 49.9 Å². The Labute approximate surface area is 108 Å². The van der Waals surface area contributed by atoms with E-state index in [2.05, 4.69) is 12.2 Å². The lowest BCUT2D eigenvalue weighted by atomic mass is 9.90. The highest BCUT2D eigenvalue weighted by Gasteiger charge is 2.28. The molecule has 2 heterocycles. The predicted octanol–water partition coefficient (Wildman–Crippen LogP) is 2.91. The topological polar surface area (TPSA) is 21.3 Å². The second kappa shape index (κ2) is 4.88. The highest BCUT2D eigenvalue weighted by Crippen LogP contribution is 2.32. The number of ether oxygens (including phenoxy) is 1. The van der Waals surface area contributed by atoms with Crippen LogP contribution in [0.5, 0.6) is 5.75 Å². The zero-order valence-electron chi connectivity index (χ0n) is 10.8. The minimum Gasteiger partial charge on any atom is -0.490 e. The van der Waals surface area contributed by atoms with Gasteiger partial charge in [0.15, 0.2) is 0 Å². The molecule has 2 aliphatic rings. The Morgan fingerprint density at radius 1 is 1.44 bits per heavy atom. The molecule has 0 radical (unpaired) electrons. The minimum absolute atomic E-state index is 0.164. The number of benzene rings is 1. The van der Waals surface area contributed by atoms with Gasteiger partial charge < -0.3 is 10.1 Å². The molecule has 0 spiro atoms. The van der Waals surface area contributed by atoms with E-state index in [1.807, 2.05) is 0 Å². The number of halogens is 1. The molecule has 18 heavy (non-hydrogen) atoms. The average Bonchev–Trinajstić information content (AvgIpc) is 2.70. The van der Waals surface area contributed by atoms with E-state index in [9.17, 15) is 4.39 Å². The summed E-state index contributed by atoms with van der Waals surface area (Å²) in [6.07, 6.45) is 4.59. The van der Waals surface area contributed by atoms with Crippen molar-refractivity contribution in [2.75, 3.05) is 6.54 Å². The van der Waals surface area contributed by atoms with Gasteiger partial charge in [0.25, 0.3) is 0 Å². The quantitative estimate of drug-likeness (QED) is 0.870. The summed E-state index contributed by atoms with van der Waals surface area (Å²) in [6, 6.07) is 5.38. The van der Waals surface area contributed by atoms with Gasteiger partial charge in [0.2, 0.25) is 0 Å². The molecule has 98 valence electrons. The van der Waals surface area contributed by atoms with Crippen LogP contribution in [0.3, 0.4) is 0 Å². The number of piperidine rings is 1. The molecule has 1 N–H and O–H groups in total. The fourth-order valence-corrected chi connectivity index (χ4v) is 3.14. The lowest BCUT2D eigenvalue weighted by molar-refractivity contribution is 0.181. The first-order chi connectivity index (χ1) is 8.70. The van der Waals surface area contributed by atoms with Crippen molar-refractivity contribution in [3.8, 4) is 5.75 Å². The van der Waals surface area contributed by atoms with Crippen molar-refractivity contribution in [2.24, 2.45) is 5.92 Å². The molecule has 1 fully saturated rings. The largest absolute Gasteiger partial charge is 0.490 e. The van der Waals surface area contributed by atoms with Crippen molar-refractivity contribution in [1.82, 2.24) is 5.32 Å². The predicted molar refractivity (Wildman–Crippen MR) is 69.3 cm³/mol. The third kappa shape index (κ3) is 2.51. The van der Waals surface area contributed by atoms with E-state index in [0.717, 1.165) is 36.6 Å². The maximum atomic E-state index is 13.1. The fraction of sp³-hybridized carbons (Fsp3) is 0.600. The standard InChI is InChI=1S/C15H20FNO/c1-10-4-5-17-13(6-10)9-14-8-11-7-12(16)2-3-15(11)18-14/h2-3,7,10,13-14,17H,4-6,8-9H2,1H3. The van der Waals surface area contributed by atoms with Crippen LogP contribution in [-0.4, -0.2) is 18.7 Å². The highest BCUT2D eigenvalue weighted by atomic mass is 19.1. The number of fused-ring (bicyclic) bond motifs is 1. The first-order valence-electron chi connectivity index (χ1n) is 6.89. The van der Waals surface area contributed by atoms with E-state index in [0.29, 0.717) is 6.04 Å². The molecule has 0 bridgehead atoms. The van der Waals surface area contributed by atoms with E-state index in [1.165, 1.54) is 18.9 Å². The Hall–Kier alpha value is -1.09. The maximum absolute atomic E-state index is 13.1. The molecule has 3 rings (SSSR count). The normalized spacial score (nSPS) is 30.9. The van der Waals surface area contributed by atoms with Crippen molar-refractivity contribution in [1.29, 1.82) is 0 Å². The van der Waals surface area contributed by atoms with E-state index in [4.69, 9.17) is 4.74 Å². The summed E-state index contributed by atoms with van der Waals surface area (Å²) < 4.78 is 19.0. The average molecular weight is 249 g/mol. The second-order valence-corrected chi connectivity index (χ2v) is 5.71. The molecule has 3 unspecified atom stereocenters. The van der Waals surface area contributed by atoms with Gasteiger partial charge in [0.1, 0.15) is 17.7 Å². The van der Waals surface area contributed by atoms with Crippen molar-refractivity contribution >= 4 is 0 Å². The number of hydrogen-bond donors (Lipinski definition) is 1. The van der Waals surface area contributed by atoms with Crippen LogP contribution in [-0.2, 0) is 6.42 Å². The molecule has 1 aromatic rings. The third-order valence-corrected chi connectivity index (χ3v) is 4.07. The van der Waals surface area contributed by atoms with E-state index < -0.39 is 0 Å². The van der Waals surface area contributed by atoms with Crippen LogP contribution < -0.4 is 10.1 Å². The van der Waals surface area contributed by atoms with Crippen LogP contribution in [0.25, 0.3) is 0 Å². The minimum atomic E-state index is -0.164. The van der Waals surface area contributed by atoms with Crippen molar-refractivity contribution in [2.45, 2.75) is 44.8 Å². The van der Waals surface area contributed by atoms with Crippen molar-refractivity contribution in [3.63, 3.8) is 0 Å². The molecular weight excluding hydrogens is 229 g/mol. The van der Waals surface area contributed by atoms with Crippen LogP contribution in [0.2, 0.25) is 0 Å². The van der Waals surface area contributed by atoms with Crippen LogP contribution >= 0.6 is 0 Å². The Bertz CT molecular complexity index is 435. The zero-order valence-corrected chi connectivity index (χ0v) is 10.8. The van der Waals surface area contributed by atoms with Gasteiger partial charge >= 0.3 is 0 Å².